The van der Waals surface area contributed by atoms with Gasteiger partial charge in [0.1, 0.15) is 6.61 Å². The number of para-hydroxylation sites is 1. The van der Waals surface area contributed by atoms with Crippen LogP contribution in [0.15, 0.2) is 22.6 Å². The Hall–Kier alpha value is -1.76. The number of nitrogens with zero attached hydrogens (tertiary/aromatic N) is 1. The maximum Gasteiger partial charge on any atom is 0.573 e. The third-order valence-electron chi connectivity index (χ3n) is 1.79. The van der Waals surface area contributed by atoms with Crippen LogP contribution in [0.2, 0.25) is 0 Å². The van der Waals surface area contributed by atoms with Crippen LogP contribution in [0, 0.1) is 0 Å². The number of rotatable bonds is 2. The molecule has 2 rings (SSSR count). The van der Waals surface area contributed by atoms with Crippen LogP contribution < -0.4 is 4.74 Å². The van der Waals surface area contributed by atoms with Gasteiger partial charge in [-0.05, 0) is 12.1 Å². The molecule has 0 saturated heterocycles. The molecule has 7 heteroatoms. The lowest BCUT2D eigenvalue weighted by atomic mass is 10.3. The van der Waals surface area contributed by atoms with Crippen LogP contribution in [0.5, 0.6) is 5.75 Å². The van der Waals surface area contributed by atoms with Crippen LogP contribution in [-0.2, 0) is 6.61 Å². The zero-order valence-electron chi connectivity index (χ0n) is 7.78. The molecule has 4 nitrogen and oxygen atoms in total. The highest BCUT2D eigenvalue weighted by Gasteiger charge is 2.32. The molecule has 0 fully saturated rings. The fourth-order valence-electron chi connectivity index (χ4n) is 1.24. The van der Waals surface area contributed by atoms with Crippen LogP contribution in [0.25, 0.3) is 11.1 Å². The molecule has 0 unspecified atom stereocenters. The van der Waals surface area contributed by atoms with Gasteiger partial charge >= 0.3 is 6.36 Å². The number of aliphatic hydroxyl groups is 1. The monoisotopic (exact) mass is 233 g/mol. The molecule has 2 aromatic rings. The highest BCUT2D eigenvalue weighted by atomic mass is 19.4. The second kappa shape index (κ2) is 3.67. The van der Waals surface area contributed by atoms with Crippen molar-refractivity contribution in [1.82, 2.24) is 4.98 Å². The summed E-state index contributed by atoms with van der Waals surface area (Å²) < 4.78 is 44.8. The fraction of sp³-hybridized carbons (Fsp3) is 0.222. The number of alkyl halides is 3. The summed E-state index contributed by atoms with van der Waals surface area (Å²) in [5.74, 6) is -0.512. The van der Waals surface area contributed by atoms with Gasteiger partial charge in [-0.2, -0.15) is 0 Å². The molecule has 0 aliphatic heterocycles. The third-order valence-corrected chi connectivity index (χ3v) is 1.79. The summed E-state index contributed by atoms with van der Waals surface area (Å²) in [6, 6.07) is 3.90. The Kier molecular flexibility index (Phi) is 2.47. The second-order valence-electron chi connectivity index (χ2n) is 2.92. The summed E-state index contributed by atoms with van der Waals surface area (Å²) in [7, 11) is 0. The summed E-state index contributed by atoms with van der Waals surface area (Å²) in [5.41, 5.74) is 0.0645. The first-order valence-corrected chi connectivity index (χ1v) is 4.24. The van der Waals surface area contributed by atoms with Crippen molar-refractivity contribution >= 4 is 11.1 Å². The van der Waals surface area contributed by atoms with E-state index in [-0.39, 0.29) is 17.0 Å². The smallest absolute Gasteiger partial charge is 0.438 e. The van der Waals surface area contributed by atoms with Gasteiger partial charge in [0.25, 0.3) is 0 Å². The van der Waals surface area contributed by atoms with Gasteiger partial charge in [0.15, 0.2) is 16.8 Å². The first-order valence-electron chi connectivity index (χ1n) is 4.24. The summed E-state index contributed by atoms with van der Waals surface area (Å²) in [4.78, 5) is 3.67. The Morgan fingerprint density at radius 1 is 1.38 bits per heavy atom. The summed E-state index contributed by atoms with van der Waals surface area (Å²) in [6.07, 6.45) is -4.79. The van der Waals surface area contributed by atoms with Crippen molar-refractivity contribution in [3.63, 3.8) is 0 Å². The molecule has 86 valence electrons. The third kappa shape index (κ3) is 2.08. The second-order valence-corrected chi connectivity index (χ2v) is 2.92. The van der Waals surface area contributed by atoms with Crippen molar-refractivity contribution in [2.45, 2.75) is 13.0 Å². The molecule has 0 aliphatic rings. The molecule has 0 aliphatic carbocycles. The molecule has 1 N–H and O–H groups in total. The van der Waals surface area contributed by atoms with Gasteiger partial charge in [0.2, 0.25) is 5.89 Å². The Morgan fingerprint density at radius 2 is 2.12 bits per heavy atom. The Morgan fingerprint density at radius 3 is 2.75 bits per heavy atom. The van der Waals surface area contributed by atoms with E-state index < -0.39 is 18.7 Å². The Bertz CT molecular complexity index is 506. The van der Waals surface area contributed by atoms with E-state index in [1.807, 2.05) is 0 Å². The minimum atomic E-state index is -4.79. The number of fused-ring (bicyclic) bond motifs is 1. The maximum atomic E-state index is 12.0. The standard InChI is InChI=1S/C9H6F3NO3/c10-9(11,12)16-6-3-1-2-5-8(6)13-7(4-14)15-5/h1-3,14H,4H2. The maximum absolute atomic E-state index is 12.0. The molecule has 16 heavy (non-hydrogen) atoms. The van der Waals surface area contributed by atoms with Crippen LogP contribution in [0.4, 0.5) is 13.2 Å². The van der Waals surface area contributed by atoms with Crippen LogP contribution in [0.3, 0.4) is 0 Å². The lowest BCUT2D eigenvalue weighted by Gasteiger charge is -2.07. The first-order chi connectivity index (χ1) is 7.49. The van der Waals surface area contributed by atoms with Gasteiger partial charge in [-0.1, -0.05) is 6.07 Å². The molecule has 0 radical (unpaired) electrons. The Balaban J connectivity index is 2.48. The lowest BCUT2D eigenvalue weighted by molar-refractivity contribution is -0.274. The number of benzene rings is 1. The molecule has 0 bridgehead atoms. The highest BCUT2D eigenvalue weighted by Crippen LogP contribution is 2.30. The van der Waals surface area contributed by atoms with Gasteiger partial charge in [-0.15, -0.1) is 13.2 Å². The van der Waals surface area contributed by atoms with E-state index >= 15 is 0 Å². The number of aliphatic hydroxyl groups excluding tert-OH is 1. The van der Waals surface area contributed by atoms with Crippen molar-refractivity contribution < 1.29 is 27.4 Å². The zero-order chi connectivity index (χ0) is 11.8. The number of hydrogen-bond acceptors (Lipinski definition) is 4. The van der Waals surface area contributed by atoms with E-state index in [9.17, 15) is 13.2 Å². The van der Waals surface area contributed by atoms with E-state index in [2.05, 4.69) is 9.72 Å². The van der Waals surface area contributed by atoms with Gasteiger partial charge in [-0.3, -0.25) is 0 Å². The van der Waals surface area contributed by atoms with Crippen molar-refractivity contribution in [1.29, 1.82) is 0 Å². The van der Waals surface area contributed by atoms with Gasteiger partial charge in [0.05, 0.1) is 0 Å². The van der Waals surface area contributed by atoms with E-state index in [1.165, 1.54) is 12.1 Å². The van der Waals surface area contributed by atoms with Gasteiger partial charge in [0, 0.05) is 0 Å². The molecular formula is C9H6F3NO3. The van der Waals surface area contributed by atoms with E-state index in [4.69, 9.17) is 9.52 Å². The van der Waals surface area contributed by atoms with Gasteiger partial charge < -0.3 is 14.3 Å². The molecule has 0 spiro atoms. The average molecular weight is 233 g/mol. The number of halogens is 3. The number of oxazole rings is 1. The predicted molar refractivity (Wildman–Crippen MR) is 46.6 cm³/mol. The van der Waals surface area contributed by atoms with E-state index in [1.54, 1.807) is 0 Å². The molecule has 1 heterocycles. The molecule has 0 saturated carbocycles. The number of ether oxygens (including phenoxy) is 1. The topological polar surface area (TPSA) is 55.5 Å². The number of hydrogen-bond donors (Lipinski definition) is 1. The zero-order valence-corrected chi connectivity index (χ0v) is 7.78. The molecule has 0 atom stereocenters. The predicted octanol–water partition coefficient (Wildman–Crippen LogP) is 2.22. The van der Waals surface area contributed by atoms with Crippen molar-refractivity contribution in [2.24, 2.45) is 0 Å². The van der Waals surface area contributed by atoms with Crippen LogP contribution in [-0.4, -0.2) is 16.5 Å². The molecule has 1 aromatic carbocycles. The van der Waals surface area contributed by atoms with E-state index in [0.717, 1.165) is 6.07 Å². The summed E-state index contributed by atoms with van der Waals surface area (Å²) in [6.45, 7) is -0.486. The molecule has 1 aromatic heterocycles. The summed E-state index contributed by atoms with van der Waals surface area (Å²) in [5, 5.41) is 8.74. The number of aromatic nitrogens is 1. The summed E-state index contributed by atoms with van der Waals surface area (Å²) >= 11 is 0. The van der Waals surface area contributed by atoms with E-state index in [0.29, 0.717) is 0 Å². The fourth-order valence-corrected chi connectivity index (χ4v) is 1.24. The average Bonchev–Trinajstić information content (AvgIpc) is 2.59. The highest BCUT2D eigenvalue weighted by molar-refractivity contribution is 5.79. The molecule has 0 amide bonds. The van der Waals surface area contributed by atoms with Gasteiger partial charge in [-0.25, -0.2) is 4.98 Å². The normalized spacial score (nSPS) is 12.0. The largest absolute Gasteiger partial charge is 0.573 e. The Labute approximate surface area is 87.3 Å². The van der Waals surface area contributed by atoms with Crippen LogP contribution in [0.1, 0.15) is 5.89 Å². The minimum Gasteiger partial charge on any atom is -0.438 e. The van der Waals surface area contributed by atoms with Crippen LogP contribution >= 0.6 is 0 Å². The molecular weight excluding hydrogens is 227 g/mol. The van der Waals surface area contributed by atoms with Crippen molar-refractivity contribution in [3.05, 3.63) is 24.1 Å². The van der Waals surface area contributed by atoms with Crippen molar-refractivity contribution in [2.75, 3.05) is 0 Å². The minimum absolute atomic E-state index is 0.0618. The quantitative estimate of drug-likeness (QED) is 0.863. The SMILES string of the molecule is OCc1nc2c(OC(F)(F)F)cccc2o1. The first kappa shape index (κ1) is 10.7. The lowest BCUT2D eigenvalue weighted by Crippen LogP contribution is -2.17. The van der Waals surface area contributed by atoms with Crippen molar-refractivity contribution in [3.8, 4) is 5.75 Å².